The van der Waals surface area contributed by atoms with Gasteiger partial charge >= 0.3 is 0 Å². The van der Waals surface area contributed by atoms with Gasteiger partial charge in [-0.2, -0.15) is 0 Å². The first-order valence-corrected chi connectivity index (χ1v) is 11.3. The lowest BCUT2D eigenvalue weighted by Crippen LogP contribution is -2.45. The lowest BCUT2D eigenvalue weighted by Gasteiger charge is -2.29. The summed E-state index contributed by atoms with van der Waals surface area (Å²) in [6.07, 6.45) is 7.25. The van der Waals surface area contributed by atoms with Gasteiger partial charge in [-0.25, -0.2) is 0 Å². The number of rotatable bonds is 5. The molecule has 1 aliphatic heterocycles. The molecule has 150 valence electrons. The van der Waals surface area contributed by atoms with Gasteiger partial charge in [0.15, 0.2) is 0 Å². The zero-order chi connectivity index (χ0) is 19.5. The van der Waals surface area contributed by atoms with Gasteiger partial charge < -0.3 is 10.4 Å². The molecule has 0 bridgehead atoms. The van der Waals surface area contributed by atoms with Crippen LogP contribution in [0.25, 0.3) is 0 Å². The Morgan fingerprint density at radius 3 is 2.96 bits per heavy atom. The van der Waals surface area contributed by atoms with E-state index in [0.29, 0.717) is 0 Å². The van der Waals surface area contributed by atoms with Crippen molar-refractivity contribution in [3.8, 4) is 0 Å². The SMILES string of the molecule is CCc1ccc(CN2CCc3c(C(=O)N[C@H]4CCCC[C@@H]4O)csc3C2)nc1. The minimum Gasteiger partial charge on any atom is -0.391 e. The van der Waals surface area contributed by atoms with Crippen molar-refractivity contribution in [2.24, 2.45) is 0 Å². The molecule has 1 aliphatic carbocycles. The summed E-state index contributed by atoms with van der Waals surface area (Å²) in [5, 5.41) is 15.2. The Kier molecular flexibility index (Phi) is 6.09. The van der Waals surface area contributed by atoms with Crippen LogP contribution in [0.2, 0.25) is 0 Å². The van der Waals surface area contributed by atoms with Gasteiger partial charge in [-0.15, -0.1) is 11.3 Å². The van der Waals surface area contributed by atoms with Crippen molar-refractivity contribution in [2.45, 2.75) is 70.7 Å². The maximum Gasteiger partial charge on any atom is 0.252 e. The smallest absolute Gasteiger partial charge is 0.252 e. The third-order valence-corrected chi connectivity index (χ3v) is 7.01. The number of nitrogens with one attached hydrogen (secondary N) is 1. The molecule has 1 saturated carbocycles. The molecule has 0 spiro atoms. The molecule has 3 heterocycles. The number of hydrogen-bond donors (Lipinski definition) is 2. The minimum absolute atomic E-state index is 0.0197. The number of hydrogen-bond acceptors (Lipinski definition) is 5. The van der Waals surface area contributed by atoms with Crippen molar-refractivity contribution in [3.05, 3.63) is 51.0 Å². The highest BCUT2D eigenvalue weighted by atomic mass is 32.1. The van der Waals surface area contributed by atoms with Gasteiger partial charge in [-0.05, 0) is 42.9 Å². The highest BCUT2D eigenvalue weighted by Gasteiger charge is 2.28. The number of aryl methyl sites for hydroxylation is 1. The van der Waals surface area contributed by atoms with E-state index in [-0.39, 0.29) is 11.9 Å². The summed E-state index contributed by atoms with van der Waals surface area (Å²) < 4.78 is 0. The molecule has 2 aliphatic rings. The van der Waals surface area contributed by atoms with E-state index < -0.39 is 6.10 Å². The second-order valence-electron chi connectivity index (χ2n) is 7.95. The van der Waals surface area contributed by atoms with Crippen LogP contribution in [-0.2, 0) is 25.9 Å². The third kappa shape index (κ3) is 4.29. The molecule has 4 rings (SSSR count). The molecular weight excluding hydrogens is 370 g/mol. The predicted molar refractivity (Wildman–Crippen MR) is 111 cm³/mol. The van der Waals surface area contributed by atoms with Gasteiger partial charge in [0.1, 0.15) is 0 Å². The molecule has 1 amide bonds. The Morgan fingerprint density at radius 2 is 2.21 bits per heavy atom. The molecule has 2 atom stereocenters. The fourth-order valence-electron chi connectivity index (χ4n) is 4.22. The Balaban J connectivity index is 1.39. The Labute approximate surface area is 170 Å². The molecule has 0 saturated heterocycles. The number of aromatic nitrogens is 1. The maximum absolute atomic E-state index is 12.8. The van der Waals surface area contributed by atoms with Crippen molar-refractivity contribution in [1.82, 2.24) is 15.2 Å². The van der Waals surface area contributed by atoms with Gasteiger partial charge in [-0.3, -0.25) is 14.7 Å². The molecule has 5 nitrogen and oxygen atoms in total. The van der Waals surface area contributed by atoms with E-state index in [0.717, 1.165) is 69.4 Å². The Morgan fingerprint density at radius 1 is 1.36 bits per heavy atom. The fraction of sp³-hybridized carbons (Fsp3) is 0.545. The average Bonchev–Trinajstić information content (AvgIpc) is 3.14. The van der Waals surface area contributed by atoms with Crippen molar-refractivity contribution in [3.63, 3.8) is 0 Å². The van der Waals surface area contributed by atoms with Crippen molar-refractivity contribution < 1.29 is 9.90 Å². The van der Waals surface area contributed by atoms with Crippen molar-refractivity contribution in [1.29, 1.82) is 0 Å². The standard InChI is InChI=1S/C22H29N3O2S/c1-2-15-7-8-16(23-11-15)12-25-10-9-17-18(14-28-21(17)13-25)22(27)24-19-5-3-4-6-20(19)26/h7-8,11,14,19-20,26H,2-6,9-10,12-13H2,1H3,(H,24,27)/t19-,20-/m0/s1. The first-order valence-electron chi connectivity index (χ1n) is 10.4. The number of nitrogens with zero attached hydrogens (tertiary/aromatic N) is 2. The van der Waals surface area contributed by atoms with Gasteiger partial charge in [0.05, 0.1) is 23.4 Å². The summed E-state index contributed by atoms with van der Waals surface area (Å²) >= 11 is 1.68. The maximum atomic E-state index is 12.8. The third-order valence-electron chi connectivity index (χ3n) is 6.00. The van der Waals surface area contributed by atoms with Crippen LogP contribution in [0.15, 0.2) is 23.7 Å². The van der Waals surface area contributed by atoms with Crippen LogP contribution in [0.5, 0.6) is 0 Å². The minimum atomic E-state index is -0.408. The summed E-state index contributed by atoms with van der Waals surface area (Å²) in [7, 11) is 0. The zero-order valence-corrected chi connectivity index (χ0v) is 17.3. The number of aliphatic hydroxyl groups is 1. The van der Waals surface area contributed by atoms with E-state index in [9.17, 15) is 9.90 Å². The first kappa shape index (κ1) is 19.6. The second-order valence-corrected chi connectivity index (χ2v) is 8.92. The van der Waals surface area contributed by atoms with E-state index in [1.54, 1.807) is 11.3 Å². The molecule has 0 aromatic carbocycles. The molecule has 2 aromatic heterocycles. The van der Waals surface area contributed by atoms with E-state index in [1.165, 1.54) is 16.0 Å². The first-order chi connectivity index (χ1) is 13.6. The van der Waals surface area contributed by atoms with Crippen LogP contribution < -0.4 is 5.32 Å². The lowest BCUT2D eigenvalue weighted by atomic mass is 9.92. The molecule has 0 unspecified atom stereocenters. The summed E-state index contributed by atoms with van der Waals surface area (Å²) in [5.74, 6) is -0.0197. The van der Waals surface area contributed by atoms with E-state index in [1.807, 2.05) is 11.6 Å². The van der Waals surface area contributed by atoms with Crippen LogP contribution >= 0.6 is 11.3 Å². The van der Waals surface area contributed by atoms with E-state index in [2.05, 4.69) is 34.3 Å². The molecule has 28 heavy (non-hydrogen) atoms. The van der Waals surface area contributed by atoms with E-state index >= 15 is 0 Å². The van der Waals surface area contributed by atoms with Crippen LogP contribution in [0, 0.1) is 0 Å². The van der Waals surface area contributed by atoms with Gasteiger partial charge in [-0.1, -0.05) is 25.8 Å². The number of aliphatic hydroxyl groups excluding tert-OH is 1. The zero-order valence-electron chi connectivity index (χ0n) is 16.5. The van der Waals surface area contributed by atoms with Crippen molar-refractivity contribution in [2.75, 3.05) is 6.54 Å². The molecular formula is C22H29N3O2S. The molecule has 1 fully saturated rings. The highest BCUT2D eigenvalue weighted by Crippen LogP contribution is 2.30. The quantitative estimate of drug-likeness (QED) is 0.810. The summed E-state index contributed by atoms with van der Waals surface area (Å²) in [5.41, 5.74) is 4.37. The molecule has 2 N–H and O–H groups in total. The second kappa shape index (κ2) is 8.72. The molecule has 6 heteroatoms. The van der Waals surface area contributed by atoms with Crippen LogP contribution in [-0.4, -0.2) is 39.6 Å². The van der Waals surface area contributed by atoms with Gasteiger partial charge in [0, 0.05) is 36.1 Å². The highest BCUT2D eigenvalue weighted by molar-refractivity contribution is 7.10. The normalized spacial score (nSPS) is 22.6. The van der Waals surface area contributed by atoms with Crippen LogP contribution in [0.1, 0.15) is 64.7 Å². The number of amides is 1. The number of fused-ring (bicyclic) bond motifs is 1. The molecule has 2 aromatic rings. The average molecular weight is 400 g/mol. The summed E-state index contributed by atoms with van der Waals surface area (Å²) in [6, 6.07) is 4.18. The lowest BCUT2D eigenvalue weighted by molar-refractivity contribution is 0.0716. The van der Waals surface area contributed by atoms with Gasteiger partial charge in [0.25, 0.3) is 5.91 Å². The molecule has 0 radical (unpaired) electrons. The van der Waals surface area contributed by atoms with Crippen molar-refractivity contribution >= 4 is 17.2 Å². The number of pyridine rings is 1. The summed E-state index contributed by atoms with van der Waals surface area (Å²) in [4.78, 5) is 21.0. The topological polar surface area (TPSA) is 65.5 Å². The number of thiophene rings is 1. The number of carbonyl (C=O) groups is 1. The number of carbonyl (C=O) groups excluding carboxylic acids is 1. The Hall–Kier alpha value is -1.76. The van der Waals surface area contributed by atoms with Crippen LogP contribution in [0.3, 0.4) is 0 Å². The van der Waals surface area contributed by atoms with Crippen LogP contribution in [0.4, 0.5) is 0 Å². The fourth-order valence-corrected chi connectivity index (χ4v) is 5.34. The van der Waals surface area contributed by atoms with Gasteiger partial charge in [0.2, 0.25) is 0 Å². The monoisotopic (exact) mass is 399 g/mol. The largest absolute Gasteiger partial charge is 0.391 e. The van der Waals surface area contributed by atoms with E-state index in [4.69, 9.17) is 0 Å². The Bertz CT molecular complexity index is 818. The summed E-state index contributed by atoms with van der Waals surface area (Å²) in [6.45, 7) is 4.79. The predicted octanol–water partition coefficient (Wildman–Crippen LogP) is 3.30.